The van der Waals surface area contributed by atoms with Gasteiger partial charge in [-0.1, -0.05) is 24.3 Å². The molecule has 1 saturated heterocycles. The average molecular weight is 467 g/mol. The van der Waals surface area contributed by atoms with Crippen molar-refractivity contribution < 1.29 is 28.8 Å². The van der Waals surface area contributed by atoms with Crippen molar-refractivity contribution in [3.05, 3.63) is 35.4 Å². The van der Waals surface area contributed by atoms with Crippen molar-refractivity contribution >= 4 is 5.97 Å². The van der Waals surface area contributed by atoms with Crippen LogP contribution in [0.2, 0.25) is 0 Å². The van der Waals surface area contributed by atoms with Crippen LogP contribution >= 0.6 is 0 Å². The molecule has 0 aromatic heterocycles. The standard InChI is InChI=1S/C25H42N2O6/c1-25(2,3)33-24(29)8-14-30-16-18-32-19-17-31-15-13-26-9-11-27(12-10-26)20-22-4-6-23(21-28)7-5-22/h4-7,28H,8-21H2,1-3H3. The number of piperazine rings is 1. The minimum absolute atomic E-state index is 0.0962. The molecule has 188 valence electrons. The van der Waals surface area contributed by atoms with E-state index in [1.807, 2.05) is 32.9 Å². The first-order chi connectivity index (χ1) is 15.9. The number of aliphatic hydroxyl groups excluding tert-OH is 1. The lowest BCUT2D eigenvalue weighted by atomic mass is 10.1. The van der Waals surface area contributed by atoms with Gasteiger partial charge in [0.2, 0.25) is 0 Å². The fourth-order valence-corrected chi connectivity index (χ4v) is 3.46. The predicted molar refractivity (Wildman–Crippen MR) is 127 cm³/mol. The number of esters is 1. The van der Waals surface area contributed by atoms with Crippen LogP contribution < -0.4 is 0 Å². The monoisotopic (exact) mass is 466 g/mol. The molecule has 0 atom stereocenters. The predicted octanol–water partition coefficient (Wildman–Crippen LogP) is 2.08. The number of aliphatic hydroxyl groups is 1. The third kappa shape index (κ3) is 13.1. The fourth-order valence-electron chi connectivity index (χ4n) is 3.46. The maximum absolute atomic E-state index is 11.6. The molecule has 0 amide bonds. The Hall–Kier alpha value is -1.55. The number of carbonyl (C=O) groups is 1. The van der Waals surface area contributed by atoms with E-state index in [2.05, 4.69) is 21.9 Å². The van der Waals surface area contributed by atoms with Crippen molar-refractivity contribution in [2.45, 2.75) is 45.9 Å². The average Bonchev–Trinajstić information content (AvgIpc) is 2.78. The second-order valence-electron chi connectivity index (χ2n) is 9.27. The van der Waals surface area contributed by atoms with Crippen LogP contribution in [0.4, 0.5) is 0 Å². The van der Waals surface area contributed by atoms with E-state index in [1.54, 1.807) is 0 Å². The van der Waals surface area contributed by atoms with Crippen LogP contribution in [0.1, 0.15) is 38.3 Å². The third-order valence-corrected chi connectivity index (χ3v) is 5.24. The molecule has 8 heteroatoms. The van der Waals surface area contributed by atoms with Gasteiger partial charge >= 0.3 is 5.97 Å². The Morgan fingerprint density at radius 2 is 1.33 bits per heavy atom. The van der Waals surface area contributed by atoms with Crippen molar-refractivity contribution in [1.82, 2.24) is 9.80 Å². The molecule has 1 aliphatic rings. The van der Waals surface area contributed by atoms with Crippen LogP contribution in [-0.4, -0.2) is 98.8 Å². The first-order valence-electron chi connectivity index (χ1n) is 11.9. The molecule has 0 aliphatic carbocycles. The van der Waals surface area contributed by atoms with Crippen LogP contribution in [-0.2, 0) is 36.9 Å². The molecule has 0 bridgehead atoms. The molecular weight excluding hydrogens is 424 g/mol. The summed E-state index contributed by atoms with van der Waals surface area (Å²) >= 11 is 0. The summed E-state index contributed by atoms with van der Waals surface area (Å²) in [6, 6.07) is 8.19. The molecule has 1 heterocycles. The van der Waals surface area contributed by atoms with E-state index in [0.717, 1.165) is 44.8 Å². The molecule has 1 aliphatic heterocycles. The minimum atomic E-state index is -0.455. The molecule has 0 radical (unpaired) electrons. The Morgan fingerprint density at radius 1 is 0.818 bits per heavy atom. The third-order valence-electron chi connectivity index (χ3n) is 5.24. The van der Waals surface area contributed by atoms with Gasteiger partial charge in [-0.15, -0.1) is 0 Å². The number of hydrogen-bond donors (Lipinski definition) is 1. The molecule has 1 N–H and O–H groups in total. The fraction of sp³-hybridized carbons (Fsp3) is 0.720. The van der Waals surface area contributed by atoms with Crippen LogP contribution in [0.5, 0.6) is 0 Å². The van der Waals surface area contributed by atoms with Gasteiger partial charge in [-0.05, 0) is 31.9 Å². The van der Waals surface area contributed by atoms with Crippen molar-refractivity contribution in [2.24, 2.45) is 0 Å². The van der Waals surface area contributed by atoms with E-state index in [1.165, 1.54) is 5.56 Å². The Morgan fingerprint density at radius 3 is 1.91 bits per heavy atom. The normalized spacial score (nSPS) is 15.6. The summed E-state index contributed by atoms with van der Waals surface area (Å²) in [6.07, 6.45) is 0.256. The van der Waals surface area contributed by atoms with Gasteiger partial charge in [-0.25, -0.2) is 0 Å². The SMILES string of the molecule is CC(C)(C)OC(=O)CCOCCOCCOCCN1CCN(Cc2ccc(CO)cc2)CC1. The Labute approximate surface area is 198 Å². The second kappa shape index (κ2) is 15.4. The van der Waals surface area contributed by atoms with Gasteiger partial charge in [0.25, 0.3) is 0 Å². The van der Waals surface area contributed by atoms with Crippen LogP contribution in [0.3, 0.4) is 0 Å². The van der Waals surface area contributed by atoms with Crippen molar-refractivity contribution in [3.8, 4) is 0 Å². The highest BCUT2D eigenvalue weighted by Crippen LogP contribution is 2.10. The van der Waals surface area contributed by atoms with Crippen LogP contribution in [0, 0.1) is 0 Å². The summed E-state index contributed by atoms with van der Waals surface area (Å²) in [5.41, 5.74) is 1.79. The highest BCUT2D eigenvalue weighted by Gasteiger charge is 2.17. The largest absolute Gasteiger partial charge is 0.460 e. The van der Waals surface area contributed by atoms with E-state index in [9.17, 15) is 4.79 Å². The van der Waals surface area contributed by atoms with Gasteiger partial charge in [0.05, 0.1) is 52.7 Å². The van der Waals surface area contributed by atoms with E-state index in [-0.39, 0.29) is 19.0 Å². The molecule has 0 saturated carbocycles. The number of ether oxygens (including phenoxy) is 4. The van der Waals surface area contributed by atoms with E-state index in [0.29, 0.717) is 39.6 Å². The second-order valence-corrected chi connectivity index (χ2v) is 9.27. The lowest BCUT2D eigenvalue weighted by Crippen LogP contribution is -2.46. The smallest absolute Gasteiger partial charge is 0.308 e. The first-order valence-corrected chi connectivity index (χ1v) is 11.9. The van der Waals surface area contributed by atoms with E-state index in [4.69, 9.17) is 24.1 Å². The molecule has 0 unspecified atom stereocenters. The van der Waals surface area contributed by atoms with Gasteiger partial charge in [0.1, 0.15) is 5.60 Å². The van der Waals surface area contributed by atoms with Gasteiger partial charge in [0.15, 0.2) is 0 Å². The summed E-state index contributed by atoms with van der Waals surface area (Å²) in [5.74, 6) is -0.244. The van der Waals surface area contributed by atoms with Crippen LogP contribution in [0.15, 0.2) is 24.3 Å². The van der Waals surface area contributed by atoms with Crippen molar-refractivity contribution in [1.29, 1.82) is 0 Å². The zero-order chi connectivity index (χ0) is 23.9. The van der Waals surface area contributed by atoms with Crippen LogP contribution in [0.25, 0.3) is 0 Å². The number of nitrogens with zero attached hydrogens (tertiary/aromatic N) is 2. The summed E-state index contributed by atoms with van der Waals surface area (Å²) < 4.78 is 21.8. The number of rotatable bonds is 15. The minimum Gasteiger partial charge on any atom is -0.460 e. The van der Waals surface area contributed by atoms with Gasteiger partial charge in [-0.3, -0.25) is 14.6 Å². The molecule has 2 rings (SSSR count). The molecule has 1 fully saturated rings. The quantitative estimate of drug-likeness (QED) is 0.311. The van der Waals surface area contributed by atoms with Crippen molar-refractivity contribution in [2.75, 3.05) is 72.4 Å². The maximum Gasteiger partial charge on any atom is 0.308 e. The van der Waals surface area contributed by atoms with Gasteiger partial charge in [0, 0.05) is 39.3 Å². The Kier molecular flexibility index (Phi) is 12.9. The Bertz CT molecular complexity index is 654. The maximum atomic E-state index is 11.6. The Balaban J connectivity index is 1.38. The highest BCUT2D eigenvalue weighted by molar-refractivity contribution is 5.69. The summed E-state index contributed by atoms with van der Waals surface area (Å²) in [7, 11) is 0. The lowest BCUT2D eigenvalue weighted by molar-refractivity contribution is -0.156. The summed E-state index contributed by atoms with van der Waals surface area (Å²) in [4.78, 5) is 16.5. The number of hydrogen-bond acceptors (Lipinski definition) is 8. The molecule has 0 spiro atoms. The van der Waals surface area contributed by atoms with Gasteiger partial charge in [-0.2, -0.15) is 0 Å². The zero-order valence-corrected chi connectivity index (χ0v) is 20.6. The molecule has 1 aromatic rings. The van der Waals surface area contributed by atoms with E-state index >= 15 is 0 Å². The topological polar surface area (TPSA) is 80.7 Å². The highest BCUT2D eigenvalue weighted by atomic mass is 16.6. The molecular formula is C25H42N2O6. The molecule has 1 aromatic carbocycles. The lowest BCUT2D eigenvalue weighted by Gasteiger charge is -2.34. The molecule has 8 nitrogen and oxygen atoms in total. The number of carbonyl (C=O) groups excluding carboxylic acids is 1. The first kappa shape index (κ1) is 27.7. The van der Waals surface area contributed by atoms with Crippen molar-refractivity contribution in [3.63, 3.8) is 0 Å². The van der Waals surface area contributed by atoms with E-state index < -0.39 is 5.60 Å². The number of benzene rings is 1. The summed E-state index contributed by atoms with van der Waals surface area (Å²) in [6.45, 7) is 14.9. The zero-order valence-electron chi connectivity index (χ0n) is 20.6. The summed E-state index contributed by atoms with van der Waals surface area (Å²) in [5, 5.41) is 9.14. The van der Waals surface area contributed by atoms with Gasteiger partial charge < -0.3 is 24.1 Å². The molecule has 33 heavy (non-hydrogen) atoms.